The topological polar surface area (TPSA) is 80.0 Å². The average Bonchev–Trinajstić information content (AvgIpc) is 2.64. The summed E-state index contributed by atoms with van der Waals surface area (Å²) in [6.07, 6.45) is 1.63. The SMILES string of the molecule is CC[C@@H](O)Cn1ncnc1C(C)(C)NC(C)=O. The molecule has 0 aliphatic carbocycles. The third kappa shape index (κ3) is 3.52. The molecule has 6 nitrogen and oxygen atoms in total. The van der Waals surface area contributed by atoms with Crippen LogP contribution in [0.15, 0.2) is 6.33 Å². The van der Waals surface area contributed by atoms with Crippen molar-refractivity contribution in [2.24, 2.45) is 0 Å². The molecule has 1 amide bonds. The lowest BCUT2D eigenvalue weighted by Gasteiger charge is -2.25. The number of nitrogens with one attached hydrogen (secondary N) is 1. The van der Waals surface area contributed by atoms with Crippen LogP contribution in [0, 0.1) is 0 Å². The van der Waals surface area contributed by atoms with Gasteiger partial charge in [0.2, 0.25) is 5.91 Å². The second kappa shape index (κ2) is 5.27. The highest BCUT2D eigenvalue weighted by Gasteiger charge is 2.27. The Morgan fingerprint density at radius 3 is 2.82 bits per heavy atom. The summed E-state index contributed by atoms with van der Waals surface area (Å²) in [4.78, 5) is 15.3. The third-order valence-electron chi connectivity index (χ3n) is 2.52. The Kier molecular flexibility index (Phi) is 4.22. The number of aromatic nitrogens is 3. The molecule has 0 radical (unpaired) electrons. The minimum atomic E-state index is -0.601. The molecule has 1 aromatic rings. The van der Waals surface area contributed by atoms with Gasteiger partial charge in [-0.15, -0.1) is 0 Å². The minimum Gasteiger partial charge on any atom is -0.391 e. The molecule has 1 aromatic heterocycles. The lowest BCUT2D eigenvalue weighted by atomic mass is 10.0. The lowest BCUT2D eigenvalue weighted by Crippen LogP contribution is -2.42. The first-order valence-corrected chi connectivity index (χ1v) is 5.72. The van der Waals surface area contributed by atoms with E-state index >= 15 is 0 Å². The monoisotopic (exact) mass is 240 g/mol. The van der Waals surface area contributed by atoms with Crippen molar-refractivity contribution >= 4 is 5.91 Å². The smallest absolute Gasteiger partial charge is 0.217 e. The molecule has 0 bridgehead atoms. The van der Waals surface area contributed by atoms with Gasteiger partial charge in [0, 0.05) is 6.92 Å². The van der Waals surface area contributed by atoms with Gasteiger partial charge in [0.05, 0.1) is 18.2 Å². The molecule has 1 heterocycles. The molecule has 0 spiro atoms. The summed E-state index contributed by atoms with van der Waals surface area (Å²) in [5.74, 6) is 0.515. The Morgan fingerprint density at radius 2 is 2.29 bits per heavy atom. The zero-order valence-corrected chi connectivity index (χ0v) is 10.8. The molecule has 0 aromatic carbocycles. The fraction of sp³-hybridized carbons (Fsp3) is 0.727. The predicted molar refractivity (Wildman–Crippen MR) is 63.2 cm³/mol. The molecule has 0 unspecified atom stereocenters. The van der Waals surface area contributed by atoms with Crippen LogP contribution in [0.4, 0.5) is 0 Å². The largest absolute Gasteiger partial charge is 0.391 e. The van der Waals surface area contributed by atoms with Crippen LogP contribution in [0.1, 0.15) is 39.9 Å². The quantitative estimate of drug-likeness (QED) is 0.781. The summed E-state index contributed by atoms with van der Waals surface area (Å²) in [5.41, 5.74) is -0.601. The van der Waals surface area contributed by atoms with Crippen LogP contribution < -0.4 is 5.32 Å². The summed E-state index contributed by atoms with van der Waals surface area (Å²) in [6, 6.07) is 0. The molecule has 2 N–H and O–H groups in total. The van der Waals surface area contributed by atoms with Crippen molar-refractivity contribution in [3.05, 3.63) is 12.2 Å². The van der Waals surface area contributed by atoms with Crippen molar-refractivity contribution in [2.75, 3.05) is 0 Å². The van der Waals surface area contributed by atoms with Crippen molar-refractivity contribution in [1.29, 1.82) is 0 Å². The number of carbonyl (C=O) groups is 1. The van der Waals surface area contributed by atoms with Gasteiger partial charge >= 0.3 is 0 Å². The number of hydrogen-bond acceptors (Lipinski definition) is 4. The number of aliphatic hydroxyl groups excluding tert-OH is 1. The van der Waals surface area contributed by atoms with Crippen LogP contribution in [0.3, 0.4) is 0 Å². The highest BCUT2D eigenvalue weighted by molar-refractivity contribution is 5.73. The Labute approximate surface area is 101 Å². The van der Waals surface area contributed by atoms with E-state index in [2.05, 4.69) is 15.4 Å². The summed E-state index contributed by atoms with van der Waals surface area (Å²) >= 11 is 0. The summed E-state index contributed by atoms with van der Waals surface area (Å²) in [6.45, 7) is 7.46. The first-order chi connectivity index (χ1) is 7.86. The summed E-state index contributed by atoms with van der Waals surface area (Å²) < 4.78 is 1.63. The van der Waals surface area contributed by atoms with Crippen LogP contribution in [0.2, 0.25) is 0 Å². The lowest BCUT2D eigenvalue weighted by molar-refractivity contribution is -0.120. The zero-order valence-electron chi connectivity index (χ0n) is 10.8. The van der Waals surface area contributed by atoms with Crippen LogP contribution in [-0.4, -0.2) is 31.9 Å². The third-order valence-corrected chi connectivity index (χ3v) is 2.52. The van der Waals surface area contributed by atoms with E-state index in [4.69, 9.17) is 0 Å². The highest BCUT2D eigenvalue weighted by atomic mass is 16.3. The highest BCUT2D eigenvalue weighted by Crippen LogP contribution is 2.17. The molecule has 6 heteroatoms. The molecule has 1 rings (SSSR count). The van der Waals surface area contributed by atoms with Gasteiger partial charge in [-0.25, -0.2) is 9.67 Å². The van der Waals surface area contributed by atoms with Gasteiger partial charge in [0.25, 0.3) is 0 Å². The predicted octanol–water partition coefficient (Wildman–Crippen LogP) is 0.420. The maximum Gasteiger partial charge on any atom is 0.217 e. The van der Waals surface area contributed by atoms with Gasteiger partial charge in [-0.3, -0.25) is 4.79 Å². The molecular weight excluding hydrogens is 220 g/mol. The van der Waals surface area contributed by atoms with Gasteiger partial charge in [0.15, 0.2) is 5.82 Å². The average molecular weight is 240 g/mol. The van der Waals surface area contributed by atoms with E-state index in [0.29, 0.717) is 18.8 Å². The van der Waals surface area contributed by atoms with Crippen molar-refractivity contribution < 1.29 is 9.90 Å². The first-order valence-electron chi connectivity index (χ1n) is 5.72. The van der Waals surface area contributed by atoms with Gasteiger partial charge in [-0.1, -0.05) is 6.92 Å². The molecule has 17 heavy (non-hydrogen) atoms. The first kappa shape index (κ1) is 13.6. The van der Waals surface area contributed by atoms with Gasteiger partial charge in [-0.05, 0) is 20.3 Å². The standard InChI is InChI=1S/C11H20N4O2/c1-5-9(17)6-15-10(12-7-13-15)11(3,4)14-8(2)16/h7,9,17H,5-6H2,1-4H3,(H,14,16)/t9-/m1/s1. The van der Waals surface area contributed by atoms with Crippen LogP contribution in [0.25, 0.3) is 0 Å². The van der Waals surface area contributed by atoms with Crippen molar-refractivity contribution in [3.63, 3.8) is 0 Å². The van der Waals surface area contributed by atoms with Crippen molar-refractivity contribution in [3.8, 4) is 0 Å². The maximum absolute atomic E-state index is 11.1. The van der Waals surface area contributed by atoms with E-state index in [9.17, 15) is 9.90 Å². The molecule has 0 aliphatic heterocycles. The Balaban J connectivity index is 2.90. The van der Waals surface area contributed by atoms with E-state index in [1.807, 2.05) is 20.8 Å². The molecule has 0 aliphatic rings. The number of amides is 1. The van der Waals surface area contributed by atoms with E-state index < -0.39 is 11.6 Å². The zero-order chi connectivity index (χ0) is 13.1. The molecule has 0 saturated heterocycles. The molecule has 0 fully saturated rings. The number of hydrogen-bond donors (Lipinski definition) is 2. The summed E-state index contributed by atoms with van der Waals surface area (Å²) in [7, 11) is 0. The molecular formula is C11H20N4O2. The van der Waals surface area contributed by atoms with Crippen LogP contribution in [-0.2, 0) is 16.9 Å². The number of rotatable bonds is 5. The van der Waals surface area contributed by atoms with Gasteiger partial charge < -0.3 is 10.4 Å². The number of aliphatic hydroxyl groups is 1. The van der Waals surface area contributed by atoms with E-state index in [0.717, 1.165) is 0 Å². The minimum absolute atomic E-state index is 0.124. The van der Waals surface area contributed by atoms with Crippen molar-refractivity contribution in [2.45, 2.75) is 52.3 Å². The van der Waals surface area contributed by atoms with E-state index in [-0.39, 0.29) is 5.91 Å². The van der Waals surface area contributed by atoms with E-state index in [1.165, 1.54) is 13.3 Å². The molecule has 96 valence electrons. The second-order valence-electron chi connectivity index (χ2n) is 4.63. The molecule has 1 atom stereocenters. The number of nitrogens with zero attached hydrogens (tertiary/aromatic N) is 3. The Hall–Kier alpha value is -1.43. The Bertz CT molecular complexity index is 387. The Morgan fingerprint density at radius 1 is 1.65 bits per heavy atom. The van der Waals surface area contributed by atoms with Crippen LogP contribution >= 0.6 is 0 Å². The maximum atomic E-state index is 11.1. The van der Waals surface area contributed by atoms with Gasteiger partial charge in [-0.2, -0.15) is 5.10 Å². The molecule has 0 saturated carbocycles. The van der Waals surface area contributed by atoms with Gasteiger partial charge in [0.1, 0.15) is 6.33 Å². The van der Waals surface area contributed by atoms with Crippen LogP contribution in [0.5, 0.6) is 0 Å². The fourth-order valence-corrected chi connectivity index (χ4v) is 1.71. The second-order valence-corrected chi connectivity index (χ2v) is 4.63. The summed E-state index contributed by atoms with van der Waals surface area (Å²) in [5, 5.41) is 16.5. The fourth-order valence-electron chi connectivity index (χ4n) is 1.71. The van der Waals surface area contributed by atoms with Crippen molar-refractivity contribution in [1.82, 2.24) is 20.1 Å². The number of carbonyl (C=O) groups excluding carboxylic acids is 1. The van der Waals surface area contributed by atoms with E-state index in [1.54, 1.807) is 4.68 Å². The normalized spacial score (nSPS) is 13.5.